The Labute approximate surface area is 101 Å². The van der Waals surface area contributed by atoms with Crippen LogP contribution in [-0.2, 0) is 9.59 Å². The van der Waals surface area contributed by atoms with Crippen LogP contribution in [0.15, 0.2) is 0 Å². The first kappa shape index (κ1) is 11.0. The third-order valence-corrected chi connectivity index (χ3v) is 4.26. The second-order valence-electron chi connectivity index (χ2n) is 5.33. The van der Waals surface area contributed by atoms with Crippen molar-refractivity contribution in [2.75, 3.05) is 32.7 Å². The summed E-state index contributed by atoms with van der Waals surface area (Å²) in [4.78, 5) is 27.7. The molecule has 94 valence electrons. The van der Waals surface area contributed by atoms with Gasteiger partial charge in [-0.05, 0) is 25.2 Å². The van der Waals surface area contributed by atoms with Crippen LogP contribution in [-0.4, -0.2) is 60.4 Å². The predicted octanol–water partition coefficient (Wildman–Crippen LogP) is -0.571. The van der Waals surface area contributed by atoms with Gasteiger partial charge in [0, 0.05) is 38.8 Å². The van der Waals surface area contributed by atoms with Gasteiger partial charge in [-0.2, -0.15) is 0 Å². The minimum absolute atomic E-state index is 0.265. The van der Waals surface area contributed by atoms with E-state index in [1.807, 2.05) is 4.90 Å². The van der Waals surface area contributed by atoms with E-state index in [0.717, 1.165) is 32.5 Å². The summed E-state index contributed by atoms with van der Waals surface area (Å²) in [6, 6.07) is 0.347. The topological polar surface area (TPSA) is 52.7 Å². The molecule has 5 heteroatoms. The van der Waals surface area contributed by atoms with E-state index >= 15 is 0 Å². The molecule has 3 aliphatic rings. The van der Waals surface area contributed by atoms with Crippen LogP contribution >= 0.6 is 0 Å². The maximum atomic E-state index is 12.1. The van der Waals surface area contributed by atoms with Gasteiger partial charge in [0.15, 0.2) is 0 Å². The fourth-order valence-corrected chi connectivity index (χ4v) is 3.30. The van der Waals surface area contributed by atoms with Gasteiger partial charge >= 0.3 is 11.8 Å². The van der Waals surface area contributed by atoms with Crippen molar-refractivity contribution in [2.24, 2.45) is 5.92 Å². The Morgan fingerprint density at radius 3 is 2.41 bits per heavy atom. The fraction of sp³-hybridized carbons (Fsp3) is 0.833. The van der Waals surface area contributed by atoms with Crippen molar-refractivity contribution >= 4 is 11.8 Å². The Bertz CT molecular complexity index is 339. The van der Waals surface area contributed by atoms with E-state index in [4.69, 9.17) is 0 Å². The van der Waals surface area contributed by atoms with Gasteiger partial charge in [0.1, 0.15) is 0 Å². The number of hydrogen-bond acceptors (Lipinski definition) is 3. The molecule has 17 heavy (non-hydrogen) atoms. The van der Waals surface area contributed by atoms with Crippen molar-refractivity contribution < 1.29 is 9.59 Å². The molecular formula is C12H19N3O2. The number of rotatable bonds is 0. The third kappa shape index (κ3) is 1.92. The zero-order valence-electron chi connectivity index (χ0n) is 10.0. The second kappa shape index (κ2) is 4.29. The highest BCUT2D eigenvalue weighted by molar-refractivity contribution is 6.35. The van der Waals surface area contributed by atoms with Crippen LogP contribution in [0.3, 0.4) is 0 Å². The molecule has 2 bridgehead atoms. The first-order valence-electron chi connectivity index (χ1n) is 6.56. The minimum atomic E-state index is -0.293. The van der Waals surface area contributed by atoms with Gasteiger partial charge in [-0.3, -0.25) is 9.59 Å². The number of fused-ring (bicyclic) bond motifs is 2. The first-order valence-corrected chi connectivity index (χ1v) is 6.56. The van der Waals surface area contributed by atoms with Gasteiger partial charge in [-0.1, -0.05) is 0 Å². The van der Waals surface area contributed by atoms with Crippen molar-refractivity contribution in [3.63, 3.8) is 0 Å². The summed E-state index contributed by atoms with van der Waals surface area (Å²) in [5.41, 5.74) is 0. The van der Waals surface area contributed by atoms with E-state index in [1.165, 1.54) is 6.42 Å². The molecule has 0 aromatic heterocycles. The molecule has 0 aromatic rings. The van der Waals surface area contributed by atoms with Gasteiger partial charge < -0.3 is 15.1 Å². The number of piperidine rings is 1. The molecule has 1 N–H and O–H groups in total. The number of carbonyl (C=O) groups is 2. The van der Waals surface area contributed by atoms with Gasteiger partial charge in [-0.15, -0.1) is 0 Å². The molecule has 3 fully saturated rings. The number of hydrogen-bond donors (Lipinski definition) is 1. The van der Waals surface area contributed by atoms with Gasteiger partial charge in [0.05, 0.1) is 0 Å². The van der Waals surface area contributed by atoms with Crippen LogP contribution in [0.2, 0.25) is 0 Å². The molecule has 1 saturated carbocycles. The SMILES string of the molecule is O=C(C(=O)N1CC2CCC1C2)N1CCNCC1. The summed E-state index contributed by atoms with van der Waals surface area (Å²) in [5, 5.41) is 3.19. The van der Waals surface area contributed by atoms with Crippen LogP contribution < -0.4 is 5.32 Å². The van der Waals surface area contributed by atoms with E-state index in [1.54, 1.807) is 4.90 Å². The largest absolute Gasteiger partial charge is 0.332 e. The molecule has 2 aliphatic heterocycles. The highest BCUT2D eigenvalue weighted by Crippen LogP contribution is 2.37. The lowest BCUT2D eigenvalue weighted by molar-refractivity contribution is -0.153. The molecular weight excluding hydrogens is 218 g/mol. The van der Waals surface area contributed by atoms with E-state index in [-0.39, 0.29) is 11.8 Å². The highest BCUT2D eigenvalue weighted by atomic mass is 16.2. The first-order chi connectivity index (χ1) is 8.25. The van der Waals surface area contributed by atoms with E-state index in [0.29, 0.717) is 25.0 Å². The highest BCUT2D eigenvalue weighted by Gasteiger charge is 2.42. The van der Waals surface area contributed by atoms with Gasteiger partial charge in [-0.25, -0.2) is 0 Å². The quantitative estimate of drug-likeness (QED) is 0.574. The Balaban J connectivity index is 1.63. The zero-order valence-corrected chi connectivity index (χ0v) is 10.0. The number of nitrogens with zero attached hydrogens (tertiary/aromatic N) is 2. The maximum absolute atomic E-state index is 12.1. The summed E-state index contributed by atoms with van der Waals surface area (Å²) in [7, 11) is 0. The van der Waals surface area contributed by atoms with Crippen molar-refractivity contribution in [1.82, 2.24) is 15.1 Å². The lowest BCUT2D eigenvalue weighted by Crippen LogP contribution is -2.53. The van der Waals surface area contributed by atoms with E-state index in [9.17, 15) is 9.59 Å². The standard InChI is InChI=1S/C12H19N3O2/c16-11(14-5-3-13-4-6-14)12(17)15-8-9-1-2-10(15)7-9/h9-10,13H,1-8H2. The molecule has 5 nitrogen and oxygen atoms in total. The summed E-state index contributed by atoms with van der Waals surface area (Å²) in [5.74, 6) is 0.0953. The number of likely N-dealkylation sites (tertiary alicyclic amines) is 1. The van der Waals surface area contributed by atoms with Gasteiger partial charge in [0.25, 0.3) is 0 Å². The summed E-state index contributed by atoms with van der Waals surface area (Å²) in [6.07, 6.45) is 3.43. The van der Waals surface area contributed by atoms with Crippen LogP contribution in [0, 0.1) is 5.92 Å². The van der Waals surface area contributed by atoms with Crippen molar-refractivity contribution in [2.45, 2.75) is 25.3 Å². The maximum Gasteiger partial charge on any atom is 0.312 e. The number of nitrogens with one attached hydrogen (secondary N) is 1. The summed E-state index contributed by atoms with van der Waals surface area (Å²) >= 11 is 0. The van der Waals surface area contributed by atoms with E-state index in [2.05, 4.69) is 5.32 Å². The predicted molar refractivity (Wildman–Crippen MR) is 62.3 cm³/mol. The average molecular weight is 237 g/mol. The van der Waals surface area contributed by atoms with Crippen LogP contribution in [0.1, 0.15) is 19.3 Å². The smallest absolute Gasteiger partial charge is 0.312 e. The molecule has 2 unspecified atom stereocenters. The zero-order chi connectivity index (χ0) is 11.8. The van der Waals surface area contributed by atoms with Crippen molar-refractivity contribution in [3.05, 3.63) is 0 Å². The molecule has 2 heterocycles. The minimum Gasteiger partial charge on any atom is -0.332 e. The lowest BCUT2D eigenvalue weighted by atomic mass is 10.1. The molecule has 2 atom stereocenters. The van der Waals surface area contributed by atoms with E-state index < -0.39 is 0 Å². The molecule has 2 saturated heterocycles. The van der Waals surface area contributed by atoms with Crippen molar-refractivity contribution in [1.29, 1.82) is 0 Å². The molecule has 2 amide bonds. The van der Waals surface area contributed by atoms with Gasteiger partial charge in [0.2, 0.25) is 0 Å². The number of carbonyl (C=O) groups excluding carboxylic acids is 2. The number of piperazine rings is 1. The van der Waals surface area contributed by atoms with Crippen LogP contribution in [0.4, 0.5) is 0 Å². The second-order valence-corrected chi connectivity index (χ2v) is 5.33. The van der Waals surface area contributed by atoms with Crippen molar-refractivity contribution in [3.8, 4) is 0 Å². The number of amides is 2. The third-order valence-electron chi connectivity index (χ3n) is 4.26. The van der Waals surface area contributed by atoms with Crippen LogP contribution in [0.5, 0.6) is 0 Å². The average Bonchev–Trinajstić information content (AvgIpc) is 3.00. The monoisotopic (exact) mass is 237 g/mol. The van der Waals surface area contributed by atoms with Crippen LogP contribution in [0.25, 0.3) is 0 Å². The molecule has 0 spiro atoms. The Hall–Kier alpha value is -1.10. The molecule has 0 radical (unpaired) electrons. The fourth-order valence-electron chi connectivity index (χ4n) is 3.30. The normalized spacial score (nSPS) is 32.0. The summed E-state index contributed by atoms with van der Waals surface area (Å²) < 4.78 is 0. The Kier molecular flexibility index (Phi) is 2.78. The Morgan fingerprint density at radius 2 is 1.82 bits per heavy atom. The molecule has 0 aromatic carbocycles. The Morgan fingerprint density at radius 1 is 1.06 bits per heavy atom. The summed E-state index contributed by atoms with van der Waals surface area (Å²) in [6.45, 7) is 3.72. The lowest BCUT2D eigenvalue weighted by Gasteiger charge is -2.31. The molecule has 1 aliphatic carbocycles. The molecule has 3 rings (SSSR count).